The summed E-state index contributed by atoms with van der Waals surface area (Å²) in [5, 5.41) is 11.0. The maximum absolute atomic E-state index is 12.6. The van der Waals surface area contributed by atoms with Gasteiger partial charge in [-0.15, -0.1) is 0 Å². The van der Waals surface area contributed by atoms with Crippen molar-refractivity contribution in [2.24, 2.45) is 0 Å². The van der Waals surface area contributed by atoms with Crippen molar-refractivity contribution in [1.82, 2.24) is 0 Å². The van der Waals surface area contributed by atoms with E-state index in [0.717, 1.165) is 12.1 Å². The zero-order chi connectivity index (χ0) is 13.9. The third-order valence-electron chi connectivity index (χ3n) is 2.08. The Hall–Kier alpha value is -0.890. The summed E-state index contributed by atoms with van der Waals surface area (Å²) in [7, 11) is 0. The second-order valence-electron chi connectivity index (χ2n) is 3.47. The minimum atomic E-state index is -4.61. The van der Waals surface area contributed by atoms with E-state index in [1.165, 1.54) is 6.07 Å². The van der Waals surface area contributed by atoms with Crippen LogP contribution in [0.5, 0.6) is 0 Å². The Morgan fingerprint density at radius 1 is 1.28 bits per heavy atom. The van der Waals surface area contributed by atoms with Crippen molar-refractivity contribution in [2.45, 2.75) is 18.7 Å². The summed E-state index contributed by atoms with van der Waals surface area (Å²) < 4.78 is 62.2. The molecular weight excluding hydrogens is 325 g/mol. The van der Waals surface area contributed by atoms with Gasteiger partial charge in [0.25, 0.3) is 6.43 Å². The fourth-order valence-corrected chi connectivity index (χ4v) is 1.57. The Labute approximate surface area is 108 Å². The van der Waals surface area contributed by atoms with Crippen LogP contribution in [0, 0.1) is 0 Å². The largest absolute Gasteiger partial charge is 0.418 e. The quantitative estimate of drug-likeness (QED) is 0.826. The topological polar surface area (TPSA) is 32.3 Å². The number of aliphatic hydroxyl groups excluding tert-OH is 1. The van der Waals surface area contributed by atoms with E-state index < -0.39 is 30.8 Å². The molecule has 0 aliphatic carbocycles. The van der Waals surface area contributed by atoms with Crippen LogP contribution in [0.3, 0.4) is 0 Å². The Morgan fingerprint density at radius 3 is 2.39 bits per heavy atom. The van der Waals surface area contributed by atoms with Gasteiger partial charge in [0.05, 0.1) is 5.56 Å². The van der Waals surface area contributed by atoms with Crippen molar-refractivity contribution in [1.29, 1.82) is 0 Å². The zero-order valence-corrected chi connectivity index (χ0v) is 10.4. The van der Waals surface area contributed by atoms with Gasteiger partial charge in [0.1, 0.15) is 6.10 Å². The molecule has 1 atom stereocenters. The summed E-state index contributed by atoms with van der Waals surface area (Å²) in [6.07, 6.45) is -9.64. The molecule has 102 valence electrons. The van der Waals surface area contributed by atoms with Gasteiger partial charge in [-0.25, -0.2) is 8.78 Å². The fraction of sp³-hybridized carbons (Fsp3) is 0.400. The van der Waals surface area contributed by atoms with Crippen LogP contribution in [0.2, 0.25) is 0 Å². The summed E-state index contributed by atoms with van der Waals surface area (Å²) in [4.78, 5) is 0. The normalized spacial score (nSPS) is 13.8. The number of benzene rings is 1. The molecule has 0 saturated carbocycles. The minimum Gasteiger partial charge on any atom is -0.385 e. The first kappa shape index (κ1) is 15.2. The lowest BCUT2D eigenvalue weighted by molar-refractivity contribution is -0.137. The maximum atomic E-state index is 12.6. The number of nitrogens with one attached hydrogen (secondary N) is 1. The standard InChI is InChI=1S/C10H9BrF5NO/c11-5-1-2-7(6(3-5)10(14,15)16)17-4-8(18)9(12)13/h1-3,8-9,17-18H,4H2. The average molecular weight is 334 g/mol. The van der Waals surface area contributed by atoms with E-state index in [0.29, 0.717) is 0 Å². The molecule has 1 rings (SSSR count). The number of aliphatic hydroxyl groups is 1. The lowest BCUT2D eigenvalue weighted by Crippen LogP contribution is -2.27. The summed E-state index contributed by atoms with van der Waals surface area (Å²) in [6.45, 7) is -0.664. The molecule has 0 fully saturated rings. The van der Waals surface area contributed by atoms with Crippen molar-refractivity contribution in [3.8, 4) is 0 Å². The van der Waals surface area contributed by atoms with Crippen molar-refractivity contribution in [2.75, 3.05) is 11.9 Å². The van der Waals surface area contributed by atoms with Crippen LogP contribution in [-0.2, 0) is 6.18 Å². The molecular formula is C10H9BrF5NO. The Kier molecular flexibility index (Phi) is 4.92. The van der Waals surface area contributed by atoms with Crippen molar-refractivity contribution in [3.05, 3.63) is 28.2 Å². The molecule has 0 spiro atoms. The summed E-state index contributed by atoms with van der Waals surface area (Å²) >= 11 is 2.89. The number of halogens is 6. The molecule has 0 bridgehead atoms. The van der Waals surface area contributed by atoms with Crippen LogP contribution in [0.15, 0.2) is 22.7 Å². The predicted molar refractivity (Wildman–Crippen MR) is 59.6 cm³/mol. The molecule has 0 aliphatic heterocycles. The van der Waals surface area contributed by atoms with Gasteiger partial charge in [-0.2, -0.15) is 13.2 Å². The van der Waals surface area contributed by atoms with Crippen LogP contribution in [0.25, 0.3) is 0 Å². The van der Waals surface area contributed by atoms with Crippen molar-refractivity contribution < 1.29 is 27.1 Å². The molecule has 8 heteroatoms. The molecule has 18 heavy (non-hydrogen) atoms. The van der Waals surface area contributed by atoms with Gasteiger partial charge < -0.3 is 10.4 Å². The van der Waals surface area contributed by atoms with Gasteiger partial charge in [-0.3, -0.25) is 0 Å². The lowest BCUT2D eigenvalue weighted by atomic mass is 10.1. The second kappa shape index (κ2) is 5.83. The number of anilines is 1. The van der Waals surface area contributed by atoms with E-state index in [-0.39, 0.29) is 10.2 Å². The molecule has 0 aromatic heterocycles. The van der Waals surface area contributed by atoms with E-state index in [1.54, 1.807) is 0 Å². The van der Waals surface area contributed by atoms with Gasteiger partial charge in [-0.1, -0.05) is 15.9 Å². The van der Waals surface area contributed by atoms with Gasteiger partial charge >= 0.3 is 6.18 Å². The molecule has 0 saturated heterocycles. The van der Waals surface area contributed by atoms with E-state index >= 15 is 0 Å². The average Bonchev–Trinajstić information content (AvgIpc) is 2.25. The number of alkyl halides is 5. The molecule has 0 radical (unpaired) electrons. The molecule has 0 amide bonds. The first-order valence-electron chi connectivity index (χ1n) is 4.78. The summed E-state index contributed by atoms with van der Waals surface area (Å²) in [6, 6.07) is 3.27. The first-order valence-corrected chi connectivity index (χ1v) is 5.58. The number of hydrogen-bond acceptors (Lipinski definition) is 2. The Balaban J connectivity index is 2.89. The van der Waals surface area contributed by atoms with E-state index in [9.17, 15) is 22.0 Å². The highest BCUT2D eigenvalue weighted by Crippen LogP contribution is 2.36. The SMILES string of the molecule is OC(CNc1ccc(Br)cc1C(F)(F)F)C(F)F. The van der Waals surface area contributed by atoms with Crippen LogP contribution >= 0.6 is 15.9 Å². The highest BCUT2D eigenvalue weighted by molar-refractivity contribution is 9.10. The van der Waals surface area contributed by atoms with E-state index in [4.69, 9.17) is 5.11 Å². The third-order valence-corrected chi connectivity index (χ3v) is 2.57. The lowest BCUT2D eigenvalue weighted by Gasteiger charge is -2.17. The van der Waals surface area contributed by atoms with E-state index in [2.05, 4.69) is 21.2 Å². The first-order chi connectivity index (χ1) is 8.21. The van der Waals surface area contributed by atoms with Gasteiger partial charge in [0.2, 0.25) is 0 Å². The Morgan fingerprint density at radius 2 is 1.89 bits per heavy atom. The van der Waals surface area contributed by atoms with Crippen molar-refractivity contribution >= 4 is 21.6 Å². The van der Waals surface area contributed by atoms with Crippen LogP contribution in [0.1, 0.15) is 5.56 Å². The highest BCUT2D eigenvalue weighted by atomic mass is 79.9. The van der Waals surface area contributed by atoms with Gasteiger partial charge in [0.15, 0.2) is 0 Å². The third kappa shape index (κ3) is 4.09. The Bertz CT molecular complexity index is 410. The molecule has 0 heterocycles. The zero-order valence-electron chi connectivity index (χ0n) is 8.81. The van der Waals surface area contributed by atoms with Crippen LogP contribution < -0.4 is 5.32 Å². The molecule has 1 unspecified atom stereocenters. The van der Waals surface area contributed by atoms with E-state index in [1.807, 2.05) is 0 Å². The monoisotopic (exact) mass is 333 g/mol. The summed E-state index contributed by atoms with van der Waals surface area (Å²) in [5.41, 5.74) is -1.34. The number of rotatable bonds is 4. The molecule has 1 aromatic carbocycles. The fourth-order valence-electron chi connectivity index (χ4n) is 1.21. The van der Waals surface area contributed by atoms with Crippen LogP contribution in [0.4, 0.5) is 27.6 Å². The number of hydrogen-bond donors (Lipinski definition) is 2. The van der Waals surface area contributed by atoms with Gasteiger partial charge in [-0.05, 0) is 18.2 Å². The van der Waals surface area contributed by atoms with Crippen molar-refractivity contribution in [3.63, 3.8) is 0 Å². The smallest absolute Gasteiger partial charge is 0.385 e. The minimum absolute atomic E-state index is 0.217. The molecule has 1 aromatic rings. The maximum Gasteiger partial charge on any atom is 0.418 e. The molecule has 0 aliphatic rings. The molecule has 2 nitrogen and oxygen atoms in total. The van der Waals surface area contributed by atoms with Gasteiger partial charge in [0, 0.05) is 16.7 Å². The highest BCUT2D eigenvalue weighted by Gasteiger charge is 2.34. The second-order valence-corrected chi connectivity index (χ2v) is 4.39. The van der Waals surface area contributed by atoms with Crippen LogP contribution in [-0.4, -0.2) is 24.2 Å². The predicted octanol–water partition coefficient (Wildman–Crippen LogP) is 3.51. The summed E-state index contributed by atoms with van der Waals surface area (Å²) in [5.74, 6) is 0. The molecule has 2 N–H and O–H groups in total.